The Bertz CT molecular complexity index is 1180. The Kier molecular flexibility index (Phi) is 4.90. The molecule has 0 spiro atoms. The van der Waals surface area contributed by atoms with Crippen LogP contribution in [0.25, 0.3) is 22.4 Å². The quantitative estimate of drug-likeness (QED) is 0.557. The second-order valence-corrected chi connectivity index (χ2v) is 6.56. The molecule has 28 heavy (non-hydrogen) atoms. The van der Waals surface area contributed by atoms with Gasteiger partial charge >= 0.3 is 0 Å². The van der Waals surface area contributed by atoms with Crippen molar-refractivity contribution in [3.63, 3.8) is 0 Å². The highest BCUT2D eigenvalue weighted by Gasteiger charge is 2.17. The summed E-state index contributed by atoms with van der Waals surface area (Å²) in [5, 5.41) is 7.64. The highest BCUT2D eigenvalue weighted by Crippen LogP contribution is 2.23. The summed E-state index contributed by atoms with van der Waals surface area (Å²) in [6.45, 7) is 0.181. The molecule has 0 aliphatic carbocycles. The Labute approximate surface area is 164 Å². The van der Waals surface area contributed by atoms with E-state index in [1.165, 1.54) is 10.9 Å². The van der Waals surface area contributed by atoms with Gasteiger partial charge in [0.15, 0.2) is 0 Å². The monoisotopic (exact) mass is 394 g/mol. The number of anilines is 1. The van der Waals surface area contributed by atoms with Crippen LogP contribution in [-0.4, -0.2) is 20.6 Å². The van der Waals surface area contributed by atoms with Gasteiger partial charge in [-0.25, -0.2) is 4.98 Å². The molecule has 1 amide bonds. The minimum Gasteiger partial charge on any atom is -0.335 e. The van der Waals surface area contributed by atoms with E-state index in [4.69, 9.17) is 16.1 Å². The van der Waals surface area contributed by atoms with Gasteiger partial charge in [0.2, 0.25) is 5.91 Å². The number of benzene rings is 2. The third-order valence-electron chi connectivity index (χ3n) is 4.22. The number of nitrogens with one attached hydrogen (secondary N) is 1. The molecule has 2 aromatic heterocycles. The molecule has 0 unspecified atom stereocenters. The summed E-state index contributed by atoms with van der Waals surface area (Å²) in [6, 6.07) is 16.1. The summed E-state index contributed by atoms with van der Waals surface area (Å²) in [5.41, 5.74) is 1.71. The number of aromatic nitrogens is 3. The predicted octanol–water partition coefficient (Wildman–Crippen LogP) is 3.73. The highest BCUT2D eigenvalue weighted by atomic mass is 35.5. The van der Waals surface area contributed by atoms with Crippen molar-refractivity contribution < 1.29 is 9.32 Å². The van der Waals surface area contributed by atoms with Gasteiger partial charge in [-0.15, -0.1) is 0 Å². The van der Waals surface area contributed by atoms with Crippen LogP contribution in [0.5, 0.6) is 0 Å². The lowest BCUT2D eigenvalue weighted by molar-refractivity contribution is -0.116. The van der Waals surface area contributed by atoms with Crippen molar-refractivity contribution >= 4 is 34.3 Å². The molecule has 1 N–H and O–H groups in total. The number of fused-ring (bicyclic) bond motifs is 1. The largest absolute Gasteiger partial charge is 0.335 e. The lowest BCUT2D eigenvalue weighted by Gasteiger charge is -2.07. The van der Waals surface area contributed by atoms with Crippen molar-refractivity contribution in [3.05, 3.63) is 76.3 Å². The number of nitrogens with zero attached hydrogens (tertiary/aromatic N) is 3. The number of halogens is 1. The van der Waals surface area contributed by atoms with Gasteiger partial charge in [-0.05, 0) is 24.3 Å². The number of hydrogen-bond donors (Lipinski definition) is 1. The number of amides is 1. The first-order valence-electron chi connectivity index (χ1n) is 8.57. The van der Waals surface area contributed by atoms with E-state index in [0.717, 1.165) is 5.56 Å². The standard InChI is InChI=1S/C20H15ClN4O3/c21-14-6-8-15(9-7-14)23-16(26)10-11-25-12-22-19-17(20(25)27)18(24-28-19)13-4-2-1-3-5-13/h1-9,12H,10-11H2,(H,23,26). The molecule has 0 aliphatic heterocycles. The molecule has 2 aromatic carbocycles. The van der Waals surface area contributed by atoms with Crippen LogP contribution in [0.2, 0.25) is 5.02 Å². The molecule has 0 aliphatic rings. The fourth-order valence-corrected chi connectivity index (χ4v) is 2.94. The van der Waals surface area contributed by atoms with Crippen molar-refractivity contribution in [1.29, 1.82) is 0 Å². The Balaban J connectivity index is 1.54. The second kappa shape index (κ2) is 7.66. The minimum absolute atomic E-state index is 0.113. The number of rotatable bonds is 5. The Morgan fingerprint density at radius 2 is 1.86 bits per heavy atom. The van der Waals surface area contributed by atoms with E-state index in [1.54, 1.807) is 24.3 Å². The summed E-state index contributed by atoms with van der Waals surface area (Å²) in [7, 11) is 0. The van der Waals surface area contributed by atoms with Gasteiger partial charge in [0, 0.05) is 29.2 Å². The molecule has 140 valence electrons. The van der Waals surface area contributed by atoms with E-state index in [2.05, 4.69) is 15.5 Å². The molecule has 4 aromatic rings. The second-order valence-electron chi connectivity index (χ2n) is 6.13. The van der Waals surface area contributed by atoms with Crippen LogP contribution in [-0.2, 0) is 11.3 Å². The van der Waals surface area contributed by atoms with Crippen molar-refractivity contribution in [2.24, 2.45) is 0 Å². The molecule has 2 heterocycles. The predicted molar refractivity (Wildman–Crippen MR) is 106 cm³/mol. The average Bonchev–Trinajstić information content (AvgIpc) is 3.15. The first-order chi connectivity index (χ1) is 13.6. The Hall–Kier alpha value is -3.45. The van der Waals surface area contributed by atoms with Crippen LogP contribution in [0.15, 0.2) is 70.2 Å². The topological polar surface area (TPSA) is 90.0 Å². The molecule has 0 radical (unpaired) electrons. The zero-order valence-corrected chi connectivity index (χ0v) is 15.4. The van der Waals surface area contributed by atoms with E-state index >= 15 is 0 Å². The molecule has 0 bridgehead atoms. The molecule has 8 heteroatoms. The zero-order chi connectivity index (χ0) is 19.5. The van der Waals surface area contributed by atoms with E-state index in [1.807, 2.05) is 30.3 Å². The van der Waals surface area contributed by atoms with E-state index in [-0.39, 0.29) is 30.1 Å². The highest BCUT2D eigenvalue weighted by molar-refractivity contribution is 6.30. The van der Waals surface area contributed by atoms with Crippen LogP contribution >= 0.6 is 11.6 Å². The molecule has 0 saturated carbocycles. The molecule has 0 fully saturated rings. The third kappa shape index (κ3) is 3.65. The van der Waals surface area contributed by atoms with Crippen molar-refractivity contribution in [2.75, 3.05) is 5.32 Å². The maximum atomic E-state index is 12.9. The van der Waals surface area contributed by atoms with Crippen molar-refractivity contribution in [3.8, 4) is 11.3 Å². The maximum absolute atomic E-state index is 12.9. The molecule has 0 atom stereocenters. The van der Waals surface area contributed by atoms with Gasteiger partial charge in [-0.3, -0.25) is 14.2 Å². The SMILES string of the molecule is O=C(CCn1cnc2onc(-c3ccccc3)c2c1=O)Nc1ccc(Cl)cc1. The van der Waals surface area contributed by atoms with Crippen LogP contribution in [0, 0.1) is 0 Å². The lowest BCUT2D eigenvalue weighted by atomic mass is 10.1. The van der Waals surface area contributed by atoms with Gasteiger partial charge < -0.3 is 9.84 Å². The zero-order valence-electron chi connectivity index (χ0n) is 14.6. The number of carbonyl (C=O) groups is 1. The van der Waals surface area contributed by atoms with Crippen LogP contribution < -0.4 is 10.9 Å². The maximum Gasteiger partial charge on any atom is 0.266 e. The van der Waals surface area contributed by atoms with E-state index < -0.39 is 0 Å². The number of hydrogen-bond acceptors (Lipinski definition) is 5. The third-order valence-corrected chi connectivity index (χ3v) is 4.47. The van der Waals surface area contributed by atoms with Gasteiger partial charge in [-0.2, -0.15) is 0 Å². The molecular weight excluding hydrogens is 380 g/mol. The Morgan fingerprint density at radius 3 is 2.61 bits per heavy atom. The normalized spacial score (nSPS) is 10.9. The summed E-state index contributed by atoms with van der Waals surface area (Å²) >= 11 is 5.83. The van der Waals surface area contributed by atoms with Crippen molar-refractivity contribution in [1.82, 2.24) is 14.7 Å². The van der Waals surface area contributed by atoms with Crippen LogP contribution in [0.3, 0.4) is 0 Å². The van der Waals surface area contributed by atoms with Crippen LogP contribution in [0.1, 0.15) is 6.42 Å². The minimum atomic E-state index is -0.301. The van der Waals surface area contributed by atoms with Crippen LogP contribution in [0.4, 0.5) is 5.69 Å². The number of carbonyl (C=O) groups excluding carboxylic acids is 1. The molecule has 0 saturated heterocycles. The summed E-state index contributed by atoms with van der Waals surface area (Å²) in [4.78, 5) is 29.2. The van der Waals surface area contributed by atoms with E-state index in [0.29, 0.717) is 21.8 Å². The summed E-state index contributed by atoms with van der Waals surface area (Å²) < 4.78 is 6.57. The van der Waals surface area contributed by atoms with E-state index in [9.17, 15) is 9.59 Å². The Morgan fingerprint density at radius 1 is 1.11 bits per heavy atom. The molecule has 7 nitrogen and oxygen atoms in total. The first kappa shape index (κ1) is 17.9. The van der Waals surface area contributed by atoms with Gasteiger partial charge in [0.1, 0.15) is 17.4 Å². The summed E-state index contributed by atoms with van der Waals surface area (Å²) in [6.07, 6.45) is 1.47. The molecule has 4 rings (SSSR count). The summed E-state index contributed by atoms with van der Waals surface area (Å²) in [5.74, 6) is -0.220. The molecular formula is C20H15ClN4O3. The first-order valence-corrected chi connectivity index (χ1v) is 8.95. The lowest BCUT2D eigenvalue weighted by Crippen LogP contribution is -2.23. The van der Waals surface area contributed by atoms with Crippen molar-refractivity contribution in [2.45, 2.75) is 13.0 Å². The smallest absolute Gasteiger partial charge is 0.266 e. The van der Waals surface area contributed by atoms with Gasteiger partial charge in [-0.1, -0.05) is 47.1 Å². The average molecular weight is 395 g/mol. The number of aryl methyl sites for hydroxylation is 1. The fourth-order valence-electron chi connectivity index (χ4n) is 2.81. The van der Waals surface area contributed by atoms with Gasteiger partial charge in [0.05, 0.1) is 0 Å². The fraction of sp³-hybridized carbons (Fsp3) is 0.100. The van der Waals surface area contributed by atoms with Gasteiger partial charge in [0.25, 0.3) is 11.3 Å².